The van der Waals surface area contributed by atoms with E-state index in [1.54, 1.807) is 0 Å². The molecule has 108 valence electrons. The van der Waals surface area contributed by atoms with Gasteiger partial charge in [0.1, 0.15) is 5.56 Å². The molecule has 2 heterocycles. The molecule has 0 bridgehead atoms. The van der Waals surface area contributed by atoms with Crippen LogP contribution in [0, 0.1) is 0 Å². The van der Waals surface area contributed by atoms with E-state index in [1.807, 2.05) is 0 Å². The third-order valence-electron chi connectivity index (χ3n) is 3.16. The maximum atomic E-state index is 12.9. The van der Waals surface area contributed by atoms with Gasteiger partial charge in [-0.15, -0.1) is 0 Å². The molecule has 0 radical (unpaired) electrons. The van der Waals surface area contributed by atoms with E-state index in [2.05, 4.69) is 15.2 Å². The second kappa shape index (κ2) is 4.37. The van der Waals surface area contributed by atoms with Crippen molar-refractivity contribution in [2.45, 2.75) is 6.18 Å². The fourth-order valence-corrected chi connectivity index (χ4v) is 2.25. The maximum Gasteiger partial charge on any atom is 0.418 e. The molecule has 8 heteroatoms. The summed E-state index contributed by atoms with van der Waals surface area (Å²) in [7, 11) is 0. The number of halogens is 3. The first kappa shape index (κ1) is 13.2. The van der Waals surface area contributed by atoms with Crippen molar-refractivity contribution in [1.82, 2.24) is 15.2 Å². The number of carboxylic acids is 1. The van der Waals surface area contributed by atoms with E-state index in [1.165, 1.54) is 18.3 Å². The van der Waals surface area contributed by atoms with Crippen LogP contribution < -0.4 is 0 Å². The van der Waals surface area contributed by atoms with Gasteiger partial charge >= 0.3 is 12.1 Å². The van der Waals surface area contributed by atoms with E-state index in [0.717, 1.165) is 12.3 Å². The van der Waals surface area contributed by atoms with Gasteiger partial charge < -0.3 is 10.1 Å². The van der Waals surface area contributed by atoms with E-state index >= 15 is 0 Å². The van der Waals surface area contributed by atoms with Gasteiger partial charge in [-0.05, 0) is 6.07 Å². The zero-order valence-corrected chi connectivity index (χ0v) is 10.3. The number of alkyl halides is 3. The molecule has 0 unspecified atom stereocenters. The first-order valence-corrected chi connectivity index (χ1v) is 5.84. The average molecular weight is 295 g/mol. The number of carbonyl (C=O) groups is 1. The Morgan fingerprint density at radius 3 is 2.71 bits per heavy atom. The smallest absolute Gasteiger partial charge is 0.418 e. The molecule has 3 N–H and O–H groups in total. The molecular weight excluding hydrogens is 287 g/mol. The van der Waals surface area contributed by atoms with Gasteiger partial charge in [0.05, 0.1) is 23.0 Å². The van der Waals surface area contributed by atoms with Gasteiger partial charge in [-0.2, -0.15) is 18.3 Å². The number of fused-ring (bicyclic) bond motifs is 1. The number of aromatic nitrogens is 3. The van der Waals surface area contributed by atoms with Crippen molar-refractivity contribution in [2.24, 2.45) is 0 Å². The number of hydrogen-bond acceptors (Lipinski definition) is 2. The molecule has 0 fully saturated rings. The van der Waals surface area contributed by atoms with Crippen molar-refractivity contribution in [3.63, 3.8) is 0 Å². The average Bonchev–Trinajstić information content (AvgIpc) is 3.02. The summed E-state index contributed by atoms with van der Waals surface area (Å²) in [6, 6.07) is 3.73. The molecule has 0 saturated heterocycles. The molecule has 0 aliphatic heterocycles. The van der Waals surface area contributed by atoms with E-state index in [-0.39, 0.29) is 22.2 Å². The summed E-state index contributed by atoms with van der Waals surface area (Å²) >= 11 is 0. The maximum absolute atomic E-state index is 12.9. The molecule has 21 heavy (non-hydrogen) atoms. The first-order chi connectivity index (χ1) is 9.89. The van der Waals surface area contributed by atoms with Crippen molar-refractivity contribution in [2.75, 3.05) is 0 Å². The second-order valence-electron chi connectivity index (χ2n) is 4.39. The summed E-state index contributed by atoms with van der Waals surface area (Å²) in [5.41, 5.74) is -0.513. The number of nitrogens with one attached hydrogen (secondary N) is 2. The summed E-state index contributed by atoms with van der Waals surface area (Å²) in [6.07, 6.45) is -2.05. The van der Waals surface area contributed by atoms with Crippen LogP contribution >= 0.6 is 0 Å². The third-order valence-corrected chi connectivity index (χ3v) is 3.16. The Morgan fingerprint density at radius 2 is 2.05 bits per heavy atom. The Hall–Kier alpha value is -2.77. The Kier molecular flexibility index (Phi) is 2.75. The number of benzene rings is 1. The van der Waals surface area contributed by atoms with Gasteiger partial charge in [-0.1, -0.05) is 12.1 Å². The fraction of sp³-hybridized carbons (Fsp3) is 0.0769. The van der Waals surface area contributed by atoms with E-state index < -0.39 is 17.7 Å². The summed E-state index contributed by atoms with van der Waals surface area (Å²) < 4.78 is 38.8. The van der Waals surface area contributed by atoms with Crippen LogP contribution in [-0.4, -0.2) is 26.3 Å². The third kappa shape index (κ3) is 2.04. The number of H-pyrrole nitrogens is 2. The summed E-state index contributed by atoms with van der Waals surface area (Å²) in [6.45, 7) is 0. The van der Waals surface area contributed by atoms with Crippen LogP contribution in [0.15, 0.2) is 30.6 Å². The highest BCUT2D eigenvalue weighted by Crippen LogP contribution is 2.37. The van der Waals surface area contributed by atoms with Crippen LogP contribution in [0.2, 0.25) is 0 Å². The number of nitrogens with zero attached hydrogens (tertiary/aromatic N) is 1. The molecule has 0 atom stereocenters. The first-order valence-electron chi connectivity index (χ1n) is 5.84. The van der Waals surface area contributed by atoms with Crippen LogP contribution in [0.3, 0.4) is 0 Å². The number of carboxylic acid groups (broad SMARTS) is 1. The fourth-order valence-electron chi connectivity index (χ4n) is 2.25. The highest BCUT2D eigenvalue weighted by Gasteiger charge is 2.33. The van der Waals surface area contributed by atoms with Gasteiger partial charge in [0, 0.05) is 17.1 Å². The van der Waals surface area contributed by atoms with Gasteiger partial charge in [-0.25, -0.2) is 4.79 Å². The van der Waals surface area contributed by atoms with Crippen LogP contribution in [0.4, 0.5) is 13.2 Å². The molecule has 0 spiro atoms. The molecule has 2 aromatic heterocycles. The standard InChI is InChI=1S/C13H8F3N3O2/c14-13(15,16)9-3-1-2-6-7(4-17-11(6)9)10-8(12(20)21)5-18-19-10/h1-5,17H,(H,18,19)(H,20,21). The van der Waals surface area contributed by atoms with Crippen LogP contribution in [0.25, 0.3) is 22.2 Å². The van der Waals surface area contributed by atoms with Crippen molar-refractivity contribution in [1.29, 1.82) is 0 Å². The molecule has 3 rings (SSSR count). The number of para-hydroxylation sites is 1. The molecule has 0 aliphatic rings. The minimum atomic E-state index is -4.49. The molecule has 1 aromatic carbocycles. The van der Waals surface area contributed by atoms with Crippen molar-refractivity contribution in [3.05, 3.63) is 41.7 Å². The van der Waals surface area contributed by atoms with E-state index in [0.29, 0.717) is 5.56 Å². The molecule has 0 saturated carbocycles. The molecule has 0 amide bonds. The Labute approximate surface area is 115 Å². The summed E-state index contributed by atoms with van der Waals surface area (Å²) in [5.74, 6) is -1.21. The SMILES string of the molecule is O=C(O)c1cn[nH]c1-c1c[nH]c2c(C(F)(F)F)cccc12. The highest BCUT2D eigenvalue weighted by atomic mass is 19.4. The van der Waals surface area contributed by atoms with E-state index in [9.17, 15) is 18.0 Å². The van der Waals surface area contributed by atoms with Gasteiger partial charge in [-0.3, -0.25) is 5.10 Å². The zero-order valence-electron chi connectivity index (χ0n) is 10.3. The lowest BCUT2D eigenvalue weighted by atomic mass is 10.0. The predicted molar refractivity (Wildman–Crippen MR) is 67.8 cm³/mol. The largest absolute Gasteiger partial charge is 0.478 e. The predicted octanol–water partition coefficient (Wildman–Crippen LogP) is 3.28. The second-order valence-corrected chi connectivity index (χ2v) is 4.39. The van der Waals surface area contributed by atoms with Gasteiger partial charge in [0.2, 0.25) is 0 Å². The monoisotopic (exact) mass is 295 g/mol. The quantitative estimate of drug-likeness (QED) is 0.678. The lowest BCUT2D eigenvalue weighted by molar-refractivity contribution is -0.136. The van der Waals surface area contributed by atoms with E-state index in [4.69, 9.17) is 5.11 Å². The minimum Gasteiger partial charge on any atom is -0.478 e. The Bertz CT molecular complexity index is 833. The Balaban J connectivity index is 2.27. The number of hydrogen-bond donors (Lipinski definition) is 3. The van der Waals surface area contributed by atoms with Crippen LogP contribution in [0.1, 0.15) is 15.9 Å². The summed E-state index contributed by atoms with van der Waals surface area (Å²) in [5, 5.41) is 15.5. The number of rotatable bonds is 2. The minimum absolute atomic E-state index is 0.0917. The Morgan fingerprint density at radius 1 is 1.29 bits per heavy atom. The summed E-state index contributed by atoms with van der Waals surface area (Å²) in [4.78, 5) is 13.6. The number of aromatic carboxylic acids is 1. The molecule has 0 aliphatic carbocycles. The highest BCUT2D eigenvalue weighted by molar-refractivity contribution is 6.02. The number of aromatic amines is 2. The lowest BCUT2D eigenvalue weighted by Crippen LogP contribution is -2.05. The van der Waals surface area contributed by atoms with Crippen molar-refractivity contribution in [3.8, 4) is 11.3 Å². The van der Waals surface area contributed by atoms with Crippen LogP contribution in [-0.2, 0) is 6.18 Å². The lowest BCUT2D eigenvalue weighted by Gasteiger charge is -2.07. The van der Waals surface area contributed by atoms with Crippen molar-refractivity contribution >= 4 is 16.9 Å². The van der Waals surface area contributed by atoms with Gasteiger partial charge in [0.25, 0.3) is 0 Å². The molecular formula is C13H8F3N3O2. The normalized spacial score (nSPS) is 12.0. The van der Waals surface area contributed by atoms with Crippen molar-refractivity contribution < 1.29 is 23.1 Å². The molecule has 5 nitrogen and oxygen atoms in total. The topological polar surface area (TPSA) is 81.8 Å². The van der Waals surface area contributed by atoms with Gasteiger partial charge in [0.15, 0.2) is 0 Å². The zero-order chi connectivity index (χ0) is 15.2. The molecule has 3 aromatic rings. The van der Waals surface area contributed by atoms with Crippen LogP contribution in [0.5, 0.6) is 0 Å².